The Balaban J connectivity index is 4.29. The number of nitrogens with one attached hydrogen (secondary N) is 1. The number of hydrogen-bond donors (Lipinski definition) is 4. The van der Waals surface area contributed by atoms with E-state index in [4.69, 9.17) is 15.9 Å². The summed E-state index contributed by atoms with van der Waals surface area (Å²) in [5, 5.41) is 20.1. The maximum atomic E-state index is 11.4. The number of carboxylic acids is 1. The monoisotopic (exact) mass is 218 g/mol. The zero-order valence-electron chi connectivity index (χ0n) is 8.93. The maximum absolute atomic E-state index is 11.4. The molecule has 6 heteroatoms. The summed E-state index contributed by atoms with van der Waals surface area (Å²) in [6.07, 6.45) is -0.644. The Bertz CT molecular complexity index is 230. The highest BCUT2D eigenvalue weighted by Crippen LogP contribution is 2.02. The van der Waals surface area contributed by atoms with Gasteiger partial charge in [0.1, 0.15) is 0 Å². The van der Waals surface area contributed by atoms with Gasteiger partial charge in [0.25, 0.3) is 0 Å². The van der Waals surface area contributed by atoms with Crippen molar-refractivity contribution in [2.24, 2.45) is 11.7 Å². The van der Waals surface area contributed by atoms with Crippen molar-refractivity contribution >= 4 is 11.9 Å². The van der Waals surface area contributed by atoms with E-state index >= 15 is 0 Å². The molecule has 0 saturated heterocycles. The first-order valence-corrected chi connectivity index (χ1v) is 4.81. The van der Waals surface area contributed by atoms with Gasteiger partial charge in [0, 0.05) is 5.92 Å². The molecule has 0 spiro atoms. The molecule has 0 bridgehead atoms. The Morgan fingerprint density at radius 1 is 1.40 bits per heavy atom. The summed E-state index contributed by atoms with van der Waals surface area (Å²) in [5.41, 5.74) is 5.27. The predicted molar refractivity (Wildman–Crippen MR) is 54.1 cm³/mol. The third-order valence-electron chi connectivity index (χ3n) is 2.09. The van der Waals surface area contributed by atoms with Crippen molar-refractivity contribution in [3.8, 4) is 0 Å². The third-order valence-corrected chi connectivity index (χ3v) is 2.09. The number of rotatable bonds is 6. The quantitative estimate of drug-likeness (QED) is 0.453. The van der Waals surface area contributed by atoms with Crippen molar-refractivity contribution in [1.29, 1.82) is 0 Å². The largest absolute Gasteiger partial charge is 0.480 e. The summed E-state index contributed by atoms with van der Waals surface area (Å²) < 4.78 is 0. The van der Waals surface area contributed by atoms with Crippen molar-refractivity contribution in [2.75, 3.05) is 6.54 Å². The molecule has 3 atom stereocenters. The zero-order valence-corrected chi connectivity index (χ0v) is 8.93. The number of aliphatic hydroxyl groups is 1. The van der Waals surface area contributed by atoms with E-state index in [-0.39, 0.29) is 5.92 Å². The SMILES string of the molecule is CC(CCN)C(=O)NC(C(=O)O)C(C)O. The van der Waals surface area contributed by atoms with Crippen LogP contribution in [0.15, 0.2) is 0 Å². The highest BCUT2D eigenvalue weighted by atomic mass is 16.4. The van der Waals surface area contributed by atoms with Crippen molar-refractivity contribution in [3.63, 3.8) is 0 Å². The number of carboxylic acid groups (broad SMARTS) is 1. The number of amides is 1. The molecule has 0 saturated carbocycles. The van der Waals surface area contributed by atoms with Crippen LogP contribution in [0.2, 0.25) is 0 Å². The number of aliphatic hydroxyl groups excluding tert-OH is 1. The lowest BCUT2D eigenvalue weighted by molar-refractivity contribution is -0.145. The zero-order chi connectivity index (χ0) is 12.0. The van der Waals surface area contributed by atoms with Gasteiger partial charge in [-0.1, -0.05) is 6.92 Å². The Kier molecular flexibility index (Phi) is 5.88. The van der Waals surface area contributed by atoms with E-state index < -0.39 is 24.0 Å². The molecule has 15 heavy (non-hydrogen) atoms. The van der Waals surface area contributed by atoms with Gasteiger partial charge in [0.15, 0.2) is 6.04 Å². The van der Waals surface area contributed by atoms with Gasteiger partial charge in [-0.15, -0.1) is 0 Å². The molecule has 0 aliphatic carbocycles. The molecular weight excluding hydrogens is 200 g/mol. The highest BCUT2D eigenvalue weighted by Gasteiger charge is 2.26. The van der Waals surface area contributed by atoms with Crippen LogP contribution in [0.4, 0.5) is 0 Å². The van der Waals surface area contributed by atoms with Crippen LogP contribution in [0.5, 0.6) is 0 Å². The minimum atomic E-state index is -1.27. The molecule has 6 nitrogen and oxygen atoms in total. The summed E-state index contributed by atoms with van der Waals surface area (Å²) in [4.78, 5) is 22.1. The first kappa shape index (κ1) is 13.9. The lowest BCUT2D eigenvalue weighted by Crippen LogP contribution is -2.49. The molecule has 88 valence electrons. The second-order valence-corrected chi connectivity index (χ2v) is 3.54. The van der Waals surface area contributed by atoms with Crippen molar-refractivity contribution < 1.29 is 19.8 Å². The molecule has 0 aromatic heterocycles. The number of aliphatic carboxylic acids is 1. The molecule has 1 amide bonds. The molecule has 0 rings (SSSR count). The first-order valence-electron chi connectivity index (χ1n) is 4.81. The normalized spacial score (nSPS) is 16.5. The summed E-state index contributed by atoms with van der Waals surface area (Å²) in [6.45, 7) is 3.33. The third kappa shape index (κ3) is 4.75. The Hall–Kier alpha value is -1.14. The molecule has 5 N–H and O–H groups in total. The summed E-state index contributed by atoms with van der Waals surface area (Å²) in [7, 11) is 0. The number of carbonyl (C=O) groups excluding carboxylic acids is 1. The average molecular weight is 218 g/mol. The van der Waals surface area contributed by atoms with Crippen molar-refractivity contribution in [2.45, 2.75) is 32.4 Å². The molecule has 0 radical (unpaired) electrons. The molecule has 0 aliphatic heterocycles. The minimum Gasteiger partial charge on any atom is -0.480 e. The highest BCUT2D eigenvalue weighted by molar-refractivity contribution is 5.85. The molecule has 0 fully saturated rings. The maximum Gasteiger partial charge on any atom is 0.328 e. The van der Waals surface area contributed by atoms with E-state index in [1.165, 1.54) is 6.92 Å². The van der Waals surface area contributed by atoms with Crippen molar-refractivity contribution in [1.82, 2.24) is 5.32 Å². The van der Waals surface area contributed by atoms with Gasteiger partial charge >= 0.3 is 5.97 Å². The average Bonchev–Trinajstić information content (AvgIpc) is 2.12. The number of carbonyl (C=O) groups is 2. The summed E-state index contributed by atoms with van der Waals surface area (Å²) >= 11 is 0. The Morgan fingerprint density at radius 3 is 2.27 bits per heavy atom. The van der Waals surface area contributed by atoms with E-state index in [2.05, 4.69) is 5.32 Å². The second kappa shape index (κ2) is 6.36. The minimum absolute atomic E-state index is 0.351. The van der Waals surface area contributed by atoms with E-state index in [1.54, 1.807) is 6.92 Å². The topological polar surface area (TPSA) is 113 Å². The smallest absolute Gasteiger partial charge is 0.328 e. The van der Waals surface area contributed by atoms with Gasteiger partial charge in [-0.2, -0.15) is 0 Å². The van der Waals surface area contributed by atoms with Crippen LogP contribution in [0.3, 0.4) is 0 Å². The number of hydrogen-bond acceptors (Lipinski definition) is 4. The lowest BCUT2D eigenvalue weighted by Gasteiger charge is -2.19. The lowest BCUT2D eigenvalue weighted by atomic mass is 10.1. The van der Waals surface area contributed by atoms with Gasteiger partial charge in [-0.3, -0.25) is 4.79 Å². The Morgan fingerprint density at radius 2 is 1.93 bits per heavy atom. The molecule has 0 aliphatic rings. The van der Waals surface area contributed by atoms with E-state index in [1.807, 2.05) is 0 Å². The molecule has 0 aromatic carbocycles. The van der Waals surface area contributed by atoms with Gasteiger partial charge < -0.3 is 21.3 Å². The van der Waals surface area contributed by atoms with E-state index in [0.717, 1.165) is 0 Å². The Labute approximate surface area is 88.5 Å². The van der Waals surface area contributed by atoms with Crippen LogP contribution in [0.25, 0.3) is 0 Å². The van der Waals surface area contributed by atoms with E-state index in [0.29, 0.717) is 13.0 Å². The molecule has 0 aromatic rings. The standard InChI is InChI=1S/C9H18N2O4/c1-5(3-4-10)8(13)11-7(6(2)12)9(14)15/h5-7,12H,3-4,10H2,1-2H3,(H,11,13)(H,14,15). The van der Waals surface area contributed by atoms with Crippen LogP contribution in [-0.4, -0.2) is 40.8 Å². The van der Waals surface area contributed by atoms with E-state index in [9.17, 15) is 9.59 Å². The van der Waals surface area contributed by atoms with Crippen LogP contribution in [0, 0.1) is 5.92 Å². The van der Waals surface area contributed by atoms with Gasteiger partial charge in [-0.05, 0) is 19.9 Å². The number of nitrogens with two attached hydrogens (primary N) is 1. The van der Waals surface area contributed by atoms with Gasteiger partial charge in [0.2, 0.25) is 5.91 Å². The first-order chi connectivity index (χ1) is 6.90. The summed E-state index contributed by atoms with van der Waals surface area (Å²) in [6, 6.07) is -1.27. The van der Waals surface area contributed by atoms with Gasteiger partial charge in [0.05, 0.1) is 6.10 Å². The molecule has 0 heterocycles. The second-order valence-electron chi connectivity index (χ2n) is 3.54. The van der Waals surface area contributed by atoms with Gasteiger partial charge in [-0.25, -0.2) is 4.79 Å². The van der Waals surface area contributed by atoms with Crippen LogP contribution >= 0.6 is 0 Å². The van der Waals surface area contributed by atoms with Crippen molar-refractivity contribution in [3.05, 3.63) is 0 Å². The predicted octanol–water partition coefficient (Wildman–Crippen LogP) is -1.08. The molecular formula is C9H18N2O4. The van der Waals surface area contributed by atoms with Crippen LogP contribution in [-0.2, 0) is 9.59 Å². The fourth-order valence-corrected chi connectivity index (χ4v) is 1.07. The summed E-state index contributed by atoms with van der Waals surface area (Å²) in [5.74, 6) is -2.01. The fraction of sp³-hybridized carbons (Fsp3) is 0.778. The van der Waals surface area contributed by atoms with Crippen LogP contribution in [0.1, 0.15) is 20.3 Å². The fourth-order valence-electron chi connectivity index (χ4n) is 1.07. The molecule has 3 unspecified atom stereocenters. The van der Waals surface area contributed by atoms with Crippen LogP contribution < -0.4 is 11.1 Å².